The van der Waals surface area contributed by atoms with Crippen molar-refractivity contribution in [1.82, 2.24) is 15.0 Å². The minimum absolute atomic E-state index is 0.143. The number of nitrogens with two attached hydrogens (primary N) is 1. The maximum atomic E-state index is 11.5. The van der Waals surface area contributed by atoms with Crippen molar-refractivity contribution in [1.29, 1.82) is 0 Å². The molecular formula is C10H11N5O. The standard InChI is InChI=1S/C10H11N5O/c11-8-1-3-9(4-2-8)13-10(16)7-15-6-5-12-14-15/h1-6H,7,11H2,(H,13,16). The van der Waals surface area contributed by atoms with Crippen LogP contribution in [0.1, 0.15) is 0 Å². The molecule has 0 fully saturated rings. The van der Waals surface area contributed by atoms with Crippen LogP contribution in [0.2, 0.25) is 0 Å². The monoisotopic (exact) mass is 217 g/mol. The average molecular weight is 217 g/mol. The van der Waals surface area contributed by atoms with E-state index in [-0.39, 0.29) is 12.5 Å². The van der Waals surface area contributed by atoms with Crippen LogP contribution in [0, 0.1) is 0 Å². The minimum atomic E-state index is -0.157. The highest BCUT2D eigenvalue weighted by molar-refractivity contribution is 5.90. The van der Waals surface area contributed by atoms with Gasteiger partial charge in [0.25, 0.3) is 0 Å². The van der Waals surface area contributed by atoms with Crippen molar-refractivity contribution >= 4 is 17.3 Å². The third-order valence-corrected chi connectivity index (χ3v) is 1.97. The van der Waals surface area contributed by atoms with Gasteiger partial charge in [0, 0.05) is 17.6 Å². The van der Waals surface area contributed by atoms with Gasteiger partial charge in [-0.05, 0) is 24.3 Å². The molecular weight excluding hydrogens is 206 g/mol. The lowest BCUT2D eigenvalue weighted by Gasteiger charge is -2.04. The van der Waals surface area contributed by atoms with Crippen LogP contribution in [0.4, 0.5) is 11.4 Å². The van der Waals surface area contributed by atoms with Gasteiger partial charge in [-0.25, -0.2) is 4.68 Å². The molecule has 2 aromatic rings. The Morgan fingerprint density at radius 2 is 2.12 bits per heavy atom. The van der Waals surface area contributed by atoms with Gasteiger partial charge in [0.2, 0.25) is 5.91 Å². The number of nitrogens with one attached hydrogen (secondary N) is 1. The Balaban J connectivity index is 1.95. The van der Waals surface area contributed by atoms with Crippen molar-refractivity contribution in [3.05, 3.63) is 36.7 Å². The van der Waals surface area contributed by atoms with Crippen molar-refractivity contribution in [2.45, 2.75) is 6.54 Å². The third kappa shape index (κ3) is 2.57. The predicted octanol–water partition coefficient (Wildman–Crippen LogP) is 0.499. The molecule has 0 unspecified atom stereocenters. The molecule has 0 bridgehead atoms. The molecule has 16 heavy (non-hydrogen) atoms. The molecule has 6 nitrogen and oxygen atoms in total. The SMILES string of the molecule is Nc1ccc(NC(=O)Cn2ccnn2)cc1. The smallest absolute Gasteiger partial charge is 0.246 e. The second-order valence-corrected chi connectivity index (χ2v) is 3.27. The molecule has 6 heteroatoms. The summed E-state index contributed by atoms with van der Waals surface area (Å²) in [6.45, 7) is 0.143. The van der Waals surface area contributed by atoms with Crippen molar-refractivity contribution in [3.63, 3.8) is 0 Å². The van der Waals surface area contributed by atoms with Gasteiger partial charge in [0.1, 0.15) is 6.54 Å². The number of hydrogen-bond acceptors (Lipinski definition) is 4. The molecule has 0 aliphatic rings. The normalized spacial score (nSPS) is 10.0. The second kappa shape index (κ2) is 4.43. The molecule has 0 saturated heterocycles. The van der Waals surface area contributed by atoms with E-state index in [1.807, 2.05) is 0 Å². The summed E-state index contributed by atoms with van der Waals surface area (Å²) >= 11 is 0. The summed E-state index contributed by atoms with van der Waals surface area (Å²) in [5.74, 6) is -0.157. The zero-order chi connectivity index (χ0) is 11.4. The van der Waals surface area contributed by atoms with E-state index in [4.69, 9.17) is 5.73 Å². The molecule has 1 heterocycles. The van der Waals surface area contributed by atoms with E-state index in [2.05, 4.69) is 15.6 Å². The van der Waals surface area contributed by atoms with Gasteiger partial charge in [-0.2, -0.15) is 0 Å². The molecule has 0 radical (unpaired) electrons. The molecule has 3 N–H and O–H groups in total. The van der Waals surface area contributed by atoms with E-state index in [0.717, 1.165) is 0 Å². The van der Waals surface area contributed by atoms with E-state index in [1.165, 1.54) is 10.9 Å². The Bertz CT molecular complexity index is 462. The Hall–Kier alpha value is -2.37. The van der Waals surface area contributed by atoms with Crippen molar-refractivity contribution in [2.75, 3.05) is 11.1 Å². The van der Waals surface area contributed by atoms with E-state index < -0.39 is 0 Å². The van der Waals surface area contributed by atoms with Gasteiger partial charge in [-0.15, -0.1) is 5.10 Å². The lowest BCUT2D eigenvalue weighted by molar-refractivity contribution is -0.116. The first-order chi connectivity index (χ1) is 7.74. The van der Waals surface area contributed by atoms with Gasteiger partial charge < -0.3 is 11.1 Å². The number of hydrogen-bond donors (Lipinski definition) is 2. The van der Waals surface area contributed by atoms with Gasteiger partial charge >= 0.3 is 0 Å². The minimum Gasteiger partial charge on any atom is -0.399 e. The highest BCUT2D eigenvalue weighted by Gasteiger charge is 2.03. The van der Waals surface area contributed by atoms with E-state index >= 15 is 0 Å². The zero-order valence-corrected chi connectivity index (χ0v) is 8.50. The van der Waals surface area contributed by atoms with E-state index in [9.17, 15) is 4.79 Å². The maximum Gasteiger partial charge on any atom is 0.246 e. The largest absolute Gasteiger partial charge is 0.399 e. The first-order valence-corrected chi connectivity index (χ1v) is 4.73. The lowest BCUT2D eigenvalue weighted by atomic mass is 10.3. The van der Waals surface area contributed by atoms with Crippen LogP contribution in [0.3, 0.4) is 0 Å². The Labute approximate surface area is 92.1 Å². The van der Waals surface area contributed by atoms with Crippen molar-refractivity contribution in [2.24, 2.45) is 0 Å². The fourth-order valence-corrected chi connectivity index (χ4v) is 1.23. The first kappa shape index (κ1) is 10.2. The van der Waals surface area contributed by atoms with Crippen LogP contribution >= 0.6 is 0 Å². The summed E-state index contributed by atoms with van der Waals surface area (Å²) in [6.07, 6.45) is 3.15. The van der Waals surface area contributed by atoms with Crippen LogP contribution in [0.25, 0.3) is 0 Å². The molecule has 1 aromatic carbocycles. The summed E-state index contributed by atoms with van der Waals surface area (Å²) in [7, 11) is 0. The van der Waals surface area contributed by atoms with Crippen LogP contribution in [0.5, 0.6) is 0 Å². The van der Waals surface area contributed by atoms with Crippen molar-refractivity contribution in [3.8, 4) is 0 Å². The molecule has 82 valence electrons. The summed E-state index contributed by atoms with van der Waals surface area (Å²) in [4.78, 5) is 11.5. The molecule has 1 aromatic heterocycles. The van der Waals surface area contributed by atoms with Crippen LogP contribution in [-0.4, -0.2) is 20.9 Å². The van der Waals surface area contributed by atoms with Crippen LogP contribution < -0.4 is 11.1 Å². The van der Waals surface area contributed by atoms with Gasteiger partial charge in [-0.1, -0.05) is 5.21 Å². The number of nitrogens with zero attached hydrogens (tertiary/aromatic N) is 3. The molecule has 0 spiro atoms. The first-order valence-electron chi connectivity index (χ1n) is 4.73. The van der Waals surface area contributed by atoms with E-state index in [0.29, 0.717) is 11.4 Å². The number of amides is 1. The number of carbonyl (C=O) groups is 1. The quantitative estimate of drug-likeness (QED) is 0.733. The fourth-order valence-electron chi connectivity index (χ4n) is 1.23. The van der Waals surface area contributed by atoms with Gasteiger partial charge in [-0.3, -0.25) is 4.79 Å². The number of carbonyl (C=O) groups excluding carboxylic acids is 1. The Morgan fingerprint density at radius 1 is 1.38 bits per heavy atom. The molecule has 0 saturated carbocycles. The van der Waals surface area contributed by atoms with Gasteiger partial charge in [0.15, 0.2) is 0 Å². The third-order valence-electron chi connectivity index (χ3n) is 1.97. The highest BCUT2D eigenvalue weighted by atomic mass is 16.2. The summed E-state index contributed by atoms with van der Waals surface area (Å²) < 4.78 is 1.45. The van der Waals surface area contributed by atoms with Crippen LogP contribution in [-0.2, 0) is 11.3 Å². The summed E-state index contributed by atoms with van der Waals surface area (Å²) in [5, 5.41) is 10.0. The maximum absolute atomic E-state index is 11.5. The average Bonchev–Trinajstić information content (AvgIpc) is 2.74. The zero-order valence-electron chi connectivity index (χ0n) is 8.50. The summed E-state index contributed by atoms with van der Waals surface area (Å²) in [6, 6.07) is 6.94. The molecule has 0 atom stereocenters. The Morgan fingerprint density at radius 3 is 2.75 bits per heavy atom. The highest BCUT2D eigenvalue weighted by Crippen LogP contribution is 2.10. The Kier molecular flexibility index (Phi) is 2.81. The van der Waals surface area contributed by atoms with Crippen molar-refractivity contribution < 1.29 is 4.79 Å². The molecule has 0 aliphatic carbocycles. The number of aromatic nitrogens is 3. The van der Waals surface area contributed by atoms with E-state index in [1.54, 1.807) is 30.5 Å². The number of rotatable bonds is 3. The second-order valence-electron chi connectivity index (χ2n) is 3.27. The van der Waals surface area contributed by atoms with Gasteiger partial charge in [0.05, 0.1) is 6.20 Å². The number of nitrogen functional groups attached to an aromatic ring is 1. The lowest BCUT2D eigenvalue weighted by Crippen LogP contribution is -2.19. The number of benzene rings is 1. The number of anilines is 2. The summed E-state index contributed by atoms with van der Waals surface area (Å²) in [5.41, 5.74) is 6.90. The molecule has 2 rings (SSSR count). The fraction of sp³-hybridized carbons (Fsp3) is 0.100. The van der Waals surface area contributed by atoms with Crippen LogP contribution in [0.15, 0.2) is 36.7 Å². The molecule has 1 amide bonds. The topological polar surface area (TPSA) is 85.8 Å². The molecule has 0 aliphatic heterocycles. The predicted molar refractivity (Wildman–Crippen MR) is 59.5 cm³/mol.